The molecule has 3 rings (SSSR count). The Labute approximate surface area is 151 Å². The Morgan fingerprint density at radius 3 is 2.16 bits per heavy atom. The van der Waals surface area contributed by atoms with E-state index in [4.69, 9.17) is 0 Å². The predicted octanol–water partition coefficient (Wildman–Crippen LogP) is 6.02. The van der Waals surface area contributed by atoms with Crippen molar-refractivity contribution in [2.45, 2.75) is 39.0 Å². The van der Waals surface area contributed by atoms with E-state index in [2.05, 4.69) is 61.5 Å². The van der Waals surface area contributed by atoms with Crippen LogP contribution in [0.15, 0.2) is 78.4 Å². The van der Waals surface area contributed by atoms with Crippen molar-refractivity contribution in [1.82, 2.24) is 0 Å². The van der Waals surface area contributed by atoms with Gasteiger partial charge in [-0.15, -0.1) is 0 Å². The molecule has 0 heterocycles. The number of aryl methyl sites for hydroxylation is 1. The lowest BCUT2D eigenvalue weighted by Crippen LogP contribution is -2.06. The van der Waals surface area contributed by atoms with E-state index in [9.17, 15) is 4.79 Å². The molecule has 1 unspecified atom stereocenters. The van der Waals surface area contributed by atoms with Gasteiger partial charge in [-0.25, -0.2) is 0 Å². The minimum Gasteiger partial charge on any atom is -0.300 e. The Kier molecular flexibility index (Phi) is 6.00. The number of Topliss-reactive ketones (excluding diaryl/α,β-unsaturated/α-hetero) is 1. The lowest BCUT2D eigenvalue weighted by Gasteiger charge is -2.18. The highest BCUT2D eigenvalue weighted by atomic mass is 16.1. The van der Waals surface area contributed by atoms with E-state index in [0.717, 1.165) is 19.3 Å². The van der Waals surface area contributed by atoms with Gasteiger partial charge in [0, 0.05) is 18.8 Å². The average molecular weight is 330 g/mol. The van der Waals surface area contributed by atoms with Crippen LogP contribution in [0.3, 0.4) is 0 Å². The van der Waals surface area contributed by atoms with E-state index >= 15 is 0 Å². The third-order valence-electron chi connectivity index (χ3n) is 5.04. The van der Waals surface area contributed by atoms with Crippen molar-refractivity contribution in [2.24, 2.45) is 5.92 Å². The highest BCUT2D eigenvalue weighted by Crippen LogP contribution is 2.38. The molecule has 0 radical (unpaired) electrons. The van der Waals surface area contributed by atoms with Crippen LogP contribution in [0.2, 0.25) is 0 Å². The lowest BCUT2D eigenvalue weighted by atomic mass is 9.86. The number of carbonyl (C=O) groups excluding carboxylic acids is 1. The maximum Gasteiger partial charge on any atom is 0.133 e. The second-order valence-electron chi connectivity index (χ2n) is 6.71. The largest absolute Gasteiger partial charge is 0.300 e. The molecule has 0 aliphatic heterocycles. The van der Waals surface area contributed by atoms with Crippen molar-refractivity contribution in [1.29, 1.82) is 0 Å². The Balaban J connectivity index is 1.51. The summed E-state index contributed by atoms with van der Waals surface area (Å²) in [6.07, 6.45) is 8.61. The summed E-state index contributed by atoms with van der Waals surface area (Å²) in [6, 6.07) is 20.9. The molecule has 0 aromatic heterocycles. The Hall–Kier alpha value is -2.41. The maximum atomic E-state index is 12.3. The highest BCUT2D eigenvalue weighted by molar-refractivity contribution is 5.80. The number of rotatable bonds is 8. The van der Waals surface area contributed by atoms with Gasteiger partial charge in [0.1, 0.15) is 5.78 Å². The summed E-state index contributed by atoms with van der Waals surface area (Å²) in [7, 11) is 0. The molecular weight excluding hydrogens is 304 g/mol. The molecule has 0 bridgehead atoms. The smallest absolute Gasteiger partial charge is 0.133 e. The molecule has 2 aromatic rings. The molecule has 25 heavy (non-hydrogen) atoms. The third kappa shape index (κ3) is 4.57. The summed E-state index contributed by atoms with van der Waals surface area (Å²) in [5.74, 6) is 0.831. The first-order valence-corrected chi connectivity index (χ1v) is 9.29. The normalized spacial score (nSPS) is 16.4. The van der Waals surface area contributed by atoms with E-state index in [1.54, 1.807) is 0 Å². The lowest BCUT2D eigenvalue weighted by molar-refractivity contribution is -0.119. The van der Waals surface area contributed by atoms with E-state index < -0.39 is 0 Å². The molecule has 0 N–H and O–H groups in total. The zero-order chi connectivity index (χ0) is 17.5. The number of allylic oxidation sites excluding steroid dienone is 4. The quantitative estimate of drug-likeness (QED) is 0.578. The van der Waals surface area contributed by atoms with Crippen LogP contribution >= 0.6 is 0 Å². The van der Waals surface area contributed by atoms with Gasteiger partial charge in [-0.3, -0.25) is 4.79 Å². The summed E-state index contributed by atoms with van der Waals surface area (Å²) in [6.45, 7) is 2.23. The Bertz CT molecular complexity index is 753. The van der Waals surface area contributed by atoms with Crippen LogP contribution in [0, 0.1) is 5.92 Å². The van der Waals surface area contributed by atoms with Crippen LogP contribution in [0.5, 0.6) is 0 Å². The number of benzene rings is 2. The molecule has 0 spiro atoms. The van der Waals surface area contributed by atoms with E-state index in [1.165, 1.54) is 22.3 Å². The van der Waals surface area contributed by atoms with Crippen LogP contribution in [0.25, 0.3) is 5.57 Å². The standard InChI is InChI=1S/C24H26O/c1-2-23-21(15-18-24(23)20-11-7-4-8-12-20)14-17-22(25)16-13-19-9-5-3-6-10-19/h3-12,15,18,23H,2,13-14,16-17H2,1H3. The number of carbonyl (C=O) groups is 1. The molecule has 0 amide bonds. The molecular formula is C24H26O. The Morgan fingerprint density at radius 2 is 1.48 bits per heavy atom. The van der Waals surface area contributed by atoms with Crippen molar-refractivity contribution in [3.05, 3.63) is 89.5 Å². The molecule has 0 saturated carbocycles. The summed E-state index contributed by atoms with van der Waals surface area (Å²) in [4.78, 5) is 12.3. The zero-order valence-corrected chi connectivity index (χ0v) is 14.9. The molecule has 0 saturated heterocycles. The minimum atomic E-state index is 0.368. The first kappa shape index (κ1) is 17.4. The van der Waals surface area contributed by atoms with Crippen LogP contribution in [0.1, 0.15) is 43.7 Å². The van der Waals surface area contributed by atoms with Gasteiger partial charge in [0.2, 0.25) is 0 Å². The van der Waals surface area contributed by atoms with Crippen molar-refractivity contribution in [3.63, 3.8) is 0 Å². The van der Waals surface area contributed by atoms with Gasteiger partial charge < -0.3 is 0 Å². The first-order valence-electron chi connectivity index (χ1n) is 9.29. The molecule has 1 aliphatic carbocycles. The van der Waals surface area contributed by atoms with E-state index in [-0.39, 0.29) is 0 Å². The average Bonchev–Trinajstić information content (AvgIpc) is 3.09. The van der Waals surface area contributed by atoms with Crippen LogP contribution < -0.4 is 0 Å². The fourth-order valence-electron chi connectivity index (χ4n) is 3.63. The fraction of sp³-hybridized carbons (Fsp3) is 0.292. The molecule has 1 aliphatic rings. The molecule has 1 nitrogen and oxygen atoms in total. The molecule has 1 heteroatoms. The number of ketones is 1. The second-order valence-corrected chi connectivity index (χ2v) is 6.71. The van der Waals surface area contributed by atoms with Crippen LogP contribution in [-0.4, -0.2) is 5.78 Å². The van der Waals surface area contributed by atoms with Gasteiger partial charge in [-0.2, -0.15) is 0 Å². The van der Waals surface area contributed by atoms with Gasteiger partial charge in [-0.05, 0) is 36.0 Å². The SMILES string of the molecule is CCC1C(CCC(=O)CCc2ccccc2)=CC=C1c1ccccc1. The fourth-order valence-corrected chi connectivity index (χ4v) is 3.63. The predicted molar refractivity (Wildman–Crippen MR) is 105 cm³/mol. The molecule has 0 fully saturated rings. The Morgan fingerprint density at radius 1 is 0.840 bits per heavy atom. The van der Waals surface area contributed by atoms with Gasteiger partial charge in [0.25, 0.3) is 0 Å². The van der Waals surface area contributed by atoms with Crippen molar-refractivity contribution >= 4 is 11.4 Å². The summed E-state index contributed by atoms with van der Waals surface area (Å²) in [5.41, 5.74) is 5.36. The number of hydrogen-bond donors (Lipinski definition) is 0. The van der Waals surface area contributed by atoms with Crippen molar-refractivity contribution in [2.75, 3.05) is 0 Å². The number of hydrogen-bond acceptors (Lipinski definition) is 1. The molecule has 1 atom stereocenters. The zero-order valence-electron chi connectivity index (χ0n) is 14.9. The van der Waals surface area contributed by atoms with E-state index in [0.29, 0.717) is 24.5 Å². The summed E-state index contributed by atoms with van der Waals surface area (Å²) in [5, 5.41) is 0. The highest BCUT2D eigenvalue weighted by Gasteiger charge is 2.22. The monoisotopic (exact) mass is 330 g/mol. The van der Waals surface area contributed by atoms with Crippen LogP contribution in [-0.2, 0) is 11.2 Å². The summed E-state index contributed by atoms with van der Waals surface area (Å²) < 4.78 is 0. The summed E-state index contributed by atoms with van der Waals surface area (Å²) >= 11 is 0. The maximum absolute atomic E-state index is 12.3. The van der Waals surface area contributed by atoms with E-state index in [1.807, 2.05) is 18.2 Å². The minimum absolute atomic E-state index is 0.368. The first-order chi connectivity index (χ1) is 12.3. The van der Waals surface area contributed by atoms with Gasteiger partial charge in [0.05, 0.1) is 0 Å². The molecule has 2 aromatic carbocycles. The van der Waals surface area contributed by atoms with Gasteiger partial charge in [-0.1, -0.05) is 85.3 Å². The van der Waals surface area contributed by atoms with Gasteiger partial charge >= 0.3 is 0 Å². The van der Waals surface area contributed by atoms with Crippen molar-refractivity contribution < 1.29 is 4.79 Å². The van der Waals surface area contributed by atoms with Gasteiger partial charge in [0.15, 0.2) is 0 Å². The second kappa shape index (κ2) is 8.62. The molecule has 128 valence electrons. The third-order valence-corrected chi connectivity index (χ3v) is 5.04. The topological polar surface area (TPSA) is 17.1 Å². The van der Waals surface area contributed by atoms with Crippen LogP contribution in [0.4, 0.5) is 0 Å². The van der Waals surface area contributed by atoms with Crippen molar-refractivity contribution in [3.8, 4) is 0 Å².